The summed E-state index contributed by atoms with van der Waals surface area (Å²) in [5, 5.41) is 3.11. The third-order valence-electron chi connectivity index (χ3n) is 4.58. The van der Waals surface area contributed by atoms with Gasteiger partial charge < -0.3 is 15.0 Å². The lowest BCUT2D eigenvalue weighted by atomic mass is 9.96. The summed E-state index contributed by atoms with van der Waals surface area (Å²) in [6.45, 7) is 0.456. The summed E-state index contributed by atoms with van der Waals surface area (Å²) >= 11 is 0. The zero-order valence-electron chi connectivity index (χ0n) is 14.4. The minimum atomic E-state index is -0.328. The fourth-order valence-electron chi connectivity index (χ4n) is 3.19. The lowest BCUT2D eigenvalue weighted by Gasteiger charge is -2.23. The van der Waals surface area contributed by atoms with Crippen molar-refractivity contribution in [1.29, 1.82) is 0 Å². The van der Waals surface area contributed by atoms with Gasteiger partial charge in [0.15, 0.2) is 0 Å². The average Bonchev–Trinajstić information content (AvgIpc) is 2.99. The van der Waals surface area contributed by atoms with Crippen molar-refractivity contribution in [1.82, 2.24) is 10.2 Å². The van der Waals surface area contributed by atoms with Gasteiger partial charge in [0, 0.05) is 25.6 Å². The molecule has 0 radical (unpaired) electrons. The summed E-state index contributed by atoms with van der Waals surface area (Å²) in [5.41, 5.74) is 1.86. The van der Waals surface area contributed by atoms with E-state index < -0.39 is 0 Å². The maximum absolute atomic E-state index is 12.8. The zero-order chi connectivity index (χ0) is 17.8. The predicted octanol–water partition coefficient (Wildman–Crippen LogP) is 2.38. The number of methoxy groups -OCH3 is 1. The molecule has 5 heteroatoms. The van der Waals surface area contributed by atoms with Crippen molar-refractivity contribution in [2.75, 3.05) is 20.7 Å². The van der Waals surface area contributed by atoms with Crippen molar-refractivity contribution in [3.8, 4) is 5.75 Å². The number of likely N-dealkylation sites (tertiary alicyclic amines) is 1. The van der Waals surface area contributed by atoms with Crippen LogP contribution in [-0.2, 0) is 9.59 Å². The molecule has 1 aliphatic rings. The standard InChI is InChI=1S/C20H22N2O3/c1-22-13-15(12-18(22)23)20(24)21-19(14-8-4-3-5-9-14)16-10-6-7-11-17(16)25-2/h3-11,15,19H,12-13H2,1-2H3,(H,21,24). The average molecular weight is 338 g/mol. The number of hydrogen-bond acceptors (Lipinski definition) is 3. The molecule has 0 bridgehead atoms. The molecule has 3 rings (SSSR count). The Kier molecular flexibility index (Phi) is 5.03. The predicted molar refractivity (Wildman–Crippen MR) is 95.2 cm³/mol. The van der Waals surface area contributed by atoms with Gasteiger partial charge in [-0.05, 0) is 11.6 Å². The number of hydrogen-bond donors (Lipinski definition) is 1. The smallest absolute Gasteiger partial charge is 0.226 e. The Balaban J connectivity index is 1.90. The third-order valence-corrected chi connectivity index (χ3v) is 4.58. The highest BCUT2D eigenvalue weighted by atomic mass is 16.5. The minimum absolute atomic E-state index is 0.00806. The fraction of sp³-hybridized carbons (Fsp3) is 0.300. The van der Waals surface area contributed by atoms with Crippen molar-refractivity contribution in [2.24, 2.45) is 5.92 Å². The van der Waals surface area contributed by atoms with E-state index in [1.165, 1.54) is 0 Å². The van der Waals surface area contributed by atoms with Gasteiger partial charge in [0.2, 0.25) is 11.8 Å². The van der Waals surface area contributed by atoms with Crippen LogP contribution in [0.4, 0.5) is 0 Å². The van der Waals surface area contributed by atoms with Crippen LogP contribution < -0.4 is 10.1 Å². The first-order chi connectivity index (χ1) is 12.1. The van der Waals surface area contributed by atoms with Crippen LogP contribution in [0.25, 0.3) is 0 Å². The molecule has 1 aliphatic heterocycles. The first kappa shape index (κ1) is 17.0. The summed E-state index contributed by atoms with van der Waals surface area (Å²) in [4.78, 5) is 26.1. The Labute approximate surface area is 147 Å². The highest BCUT2D eigenvalue weighted by molar-refractivity contribution is 5.89. The molecule has 2 amide bonds. The summed E-state index contributed by atoms with van der Waals surface area (Å²) in [7, 11) is 3.35. The molecule has 0 spiro atoms. The molecule has 1 N–H and O–H groups in total. The third kappa shape index (κ3) is 3.65. The van der Waals surface area contributed by atoms with E-state index in [9.17, 15) is 9.59 Å². The van der Waals surface area contributed by atoms with Crippen LogP contribution in [-0.4, -0.2) is 37.4 Å². The molecule has 2 atom stereocenters. The molecule has 130 valence electrons. The van der Waals surface area contributed by atoms with Crippen LogP contribution >= 0.6 is 0 Å². The van der Waals surface area contributed by atoms with E-state index in [0.29, 0.717) is 6.54 Å². The second-order valence-corrected chi connectivity index (χ2v) is 6.27. The Morgan fingerprint density at radius 3 is 2.48 bits per heavy atom. The number of carbonyl (C=O) groups excluding carboxylic acids is 2. The Bertz CT molecular complexity index is 761. The van der Waals surface area contributed by atoms with Crippen LogP contribution in [0.3, 0.4) is 0 Å². The van der Waals surface area contributed by atoms with Gasteiger partial charge in [0.05, 0.1) is 19.1 Å². The summed E-state index contributed by atoms with van der Waals surface area (Å²) in [5.74, 6) is 0.292. The minimum Gasteiger partial charge on any atom is -0.496 e. The number of rotatable bonds is 5. The maximum atomic E-state index is 12.8. The van der Waals surface area contributed by atoms with E-state index in [0.717, 1.165) is 16.9 Å². The van der Waals surface area contributed by atoms with Crippen molar-refractivity contribution in [2.45, 2.75) is 12.5 Å². The topological polar surface area (TPSA) is 58.6 Å². The van der Waals surface area contributed by atoms with Crippen molar-refractivity contribution in [3.63, 3.8) is 0 Å². The largest absolute Gasteiger partial charge is 0.496 e. The fourth-order valence-corrected chi connectivity index (χ4v) is 3.19. The molecule has 1 saturated heterocycles. The van der Waals surface area contributed by atoms with Gasteiger partial charge in [-0.25, -0.2) is 0 Å². The number of amides is 2. The van der Waals surface area contributed by atoms with Gasteiger partial charge >= 0.3 is 0 Å². The quantitative estimate of drug-likeness (QED) is 0.911. The van der Waals surface area contributed by atoms with Crippen molar-refractivity contribution >= 4 is 11.8 Å². The van der Waals surface area contributed by atoms with Gasteiger partial charge in [0.25, 0.3) is 0 Å². The van der Waals surface area contributed by atoms with E-state index in [-0.39, 0.29) is 30.2 Å². The molecular weight excluding hydrogens is 316 g/mol. The van der Waals surface area contributed by atoms with E-state index in [1.54, 1.807) is 19.1 Å². The number of nitrogens with one attached hydrogen (secondary N) is 1. The molecule has 0 aromatic heterocycles. The first-order valence-corrected chi connectivity index (χ1v) is 8.32. The van der Waals surface area contributed by atoms with Gasteiger partial charge in [0.1, 0.15) is 5.75 Å². The van der Waals surface area contributed by atoms with Crippen LogP contribution in [0.15, 0.2) is 54.6 Å². The molecular formula is C20H22N2O3. The molecule has 1 heterocycles. The molecule has 0 saturated carbocycles. The normalized spacial score (nSPS) is 18.1. The van der Waals surface area contributed by atoms with E-state index >= 15 is 0 Å². The SMILES string of the molecule is COc1ccccc1C(NC(=O)C1CC(=O)N(C)C1)c1ccccc1. The molecule has 5 nitrogen and oxygen atoms in total. The molecule has 25 heavy (non-hydrogen) atoms. The second-order valence-electron chi connectivity index (χ2n) is 6.27. The number of benzene rings is 2. The van der Waals surface area contributed by atoms with Crippen LogP contribution in [0, 0.1) is 5.92 Å². The van der Waals surface area contributed by atoms with Gasteiger partial charge in [-0.15, -0.1) is 0 Å². The maximum Gasteiger partial charge on any atom is 0.226 e. The van der Waals surface area contributed by atoms with Crippen LogP contribution in [0.5, 0.6) is 5.75 Å². The molecule has 1 fully saturated rings. The molecule has 0 aliphatic carbocycles. The number of carbonyl (C=O) groups is 2. The summed E-state index contributed by atoms with van der Waals surface area (Å²) in [6, 6.07) is 17.1. The van der Waals surface area contributed by atoms with Gasteiger partial charge in [-0.1, -0.05) is 48.5 Å². The van der Waals surface area contributed by atoms with E-state index in [1.807, 2.05) is 54.6 Å². The summed E-state index contributed by atoms with van der Waals surface area (Å²) < 4.78 is 5.48. The summed E-state index contributed by atoms with van der Waals surface area (Å²) in [6.07, 6.45) is 0.260. The lowest BCUT2D eigenvalue weighted by Crippen LogP contribution is -2.35. The number of ether oxygens (including phenoxy) is 1. The highest BCUT2D eigenvalue weighted by Gasteiger charge is 2.33. The highest BCUT2D eigenvalue weighted by Crippen LogP contribution is 2.30. The van der Waals surface area contributed by atoms with Crippen LogP contribution in [0.1, 0.15) is 23.6 Å². The molecule has 2 aromatic carbocycles. The van der Waals surface area contributed by atoms with E-state index in [4.69, 9.17) is 4.74 Å². The monoisotopic (exact) mass is 338 g/mol. The van der Waals surface area contributed by atoms with Crippen molar-refractivity contribution < 1.29 is 14.3 Å². The molecule has 2 unspecified atom stereocenters. The first-order valence-electron chi connectivity index (χ1n) is 8.32. The Morgan fingerprint density at radius 2 is 1.84 bits per heavy atom. The Morgan fingerprint density at radius 1 is 1.16 bits per heavy atom. The van der Waals surface area contributed by atoms with Gasteiger partial charge in [-0.2, -0.15) is 0 Å². The Hall–Kier alpha value is -2.82. The van der Waals surface area contributed by atoms with Crippen molar-refractivity contribution in [3.05, 3.63) is 65.7 Å². The second kappa shape index (κ2) is 7.38. The van der Waals surface area contributed by atoms with Crippen LogP contribution in [0.2, 0.25) is 0 Å². The molecule has 2 aromatic rings. The number of nitrogens with zero attached hydrogens (tertiary/aromatic N) is 1. The lowest BCUT2D eigenvalue weighted by molar-refractivity contribution is -0.128. The zero-order valence-corrected chi connectivity index (χ0v) is 14.4. The van der Waals surface area contributed by atoms with E-state index in [2.05, 4.69) is 5.32 Å². The van der Waals surface area contributed by atoms with Gasteiger partial charge in [-0.3, -0.25) is 9.59 Å². The number of para-hydroxylation sites is 1.